The lowest BCUT2D eigenvalue weighted by atomic mass is 10.0. The molecule has 0 spiro atoms. The van der Waals surface area contributed by atoms with E-state index < -0.39 is 14.9 Å². The predicted octanol–water partition coefficient (Wildman–Crippen LogP) is 2.78. The van der Waals surface area contributed by atoms with Gasteiger partial charge in [-0.25, -0.2) is 8.42 Å². The number of benzene rings is 1. The van der Waals surface area contributed by atoms with Gasteiger partial charge in [0.05, 0.1) is 4.92 Å². The monoisotopic (exact) mass is 362 g/mol. The van der Waals surface area contributed by atoms with Gasteiger partial charge in [0.25, 0.3) is 5.69 Å². The van der Waals surface area contributed by atoms with Crippen LogP contribution >= 0.6 is 15.9 Å². The molecule has 1 unspecified atom stereocenters. The first-order chi connectivity index (χ1) is 9.32. The Bertz CT molecular complexity index is 632. The second-order valence-electron chi connectivity index (χ2n) is 4.98. The molecule has 0 bridgehead atoms. The maximum absolute atomic E-state index is 12.6. The smallest absolute Gasteiger partial charge is 0.258 e. The fourth-order valence-corrected chi connectivity index (χ4v) is 4.64. The summed E-state index contributed by atoms with van der Waals surface area (Å²) in [6.45, 7) is 2.80. The topological polar surface area (TPSA) is 80.5 Å². The average molecular weight is 363 g/mol. The van der Waals surface area contributed by atoms with E-state index in [1.165, 1.54) is 22.5 Å². The zero-order valence-electron chi connectivity index (χ0n) is 11.0. The highest BCUT2D eigenvalue weighted by molar-refractivity contribution is 9.10. The van der Waals surface area contributed by atoms with E-state index in [1.807, 2.05) is 6.92 Å². The number of hydrogen-bond acceptors (Lipinski definition) is 4. The first-order valence-electron chi connectivity index (χ1n) is 6.26. The van der Waals surface area contributed by atoms with Crippen molar-refractivity contribution in [3.63, 3.8) is 0 Å². The minimum absolute atomic E-state index is 0.244. The SMILES string of the molecule is CC1CCCN(S(=O)(=O)c2cc(Br)ccc2[N+](=O)[O-])C1. The zero-order valence-corrected chi connectivity index (χ0v) is 13.4. The van der Waals surface area contributed by atoms with Crippen LogP contribution in [0.15, 0.2) is 27.6 Å². The van der Waals surface area contributed by atoms with E-state index in [0.717, 1.165) is 12.8 Å². The highest BCUT2D eigenvalue weighted by Gasteiger charge is 2.34. The number of sulfonamides is 1. The molecular formula is C12H15BrN2O4S. The highest BCUT2D eigenvalue weighted by Crippen LogP contribution is 2.31. The van der Waals surface area contributed by atoms with E-state index in [4.69, 9.17) is 0 Å². The quantitative estimate of drug-likeness (QED) is 0.611. The lowest BCUT2D eigenvalue weighted by molar-refractivity contribution is -0.387. The number of nitrogens with zero attached hydrogens (tertiary/aromatic N) is 2. The van der Waals surface area contributed by atoms with E-state index in [0.29, 0.717) is 17.6 Å². The Morgan fingerprint density at radius 3 is 2.75 bits per heavy atom. The third-order valence-electron chi connectivity index (χ3n) is 3.36. The van der Waals surface area contributed by atoms with Crippen molar-refractivity contribution in [3.05, 3.63) is 32.8 Å². The summed E-state index contributed by atoms with van der Waals surface area (Å²) >= 11 is 3.17. The van der Waals surface area contributed by atoms with Crippen LogP contribution in [0.5, 0.6) is 0 Å². The average Bonchev–Trinajstić information content (AvgIpc) is 2.38. The summed E-state index contributed by atoms with van der Waals surface area (Å²) in [6.07, 6.45) is 1.76. The van der Waals surface area contributed by atoms with Gasteiger partial charge in [-0.3, -0.25) is 10.1 Å². The van der Waals surface area contributed by atoms with Crippen LogP contribution < -0.4 is 0 Å². The Labute approximate surface area is 126 Å². The summed E-state index contributed by atoms with van der Waals surface area (Å²) < 4.78 is 27.1. The first kappa shape index (κ1) is 15.4. The van der Waals surface area contributed by atoms with E-state index >= 15 is 0 Å². The van der Waals surface area contributed by atoms with E-state index in [-0.39, 0.29) is 16.5 Å². The van der Waals surface area contributed by atoms with Crippen molar-refractivity contribution in [2.75, 3.05) is 13.1 Å². The molecule has 1 aliphatic heterocycles. The molecule has 1 heterocycles. The molecule has 1 aromatic rings. The molecule has 0 saturated carbocycles. The fraction of sp³-hybridized carbons (Fsp3) is 0.500. The normalized spacial score (nSPS) is 20.8. The molecule has 8 heteroatoms. The number of nitro benzene ring substituents is 1. The summed E-state index contributed by atoms with van der Waals surface area (Å²) in [5.74, 6) is 0.268. The van der Waals surface area contributed by atoms with Crippen LogP contribution in [-0.2, 0) is 10.0 Å². The second kappa shape index (κ2) is 5.79. The maximum atomic E-state index is 12.6. The van der Waals surface area contributed by atoms with Gasteiger partial charge in [0.2, 0.25) is 10.0 Å². The Morgan fingerprint density at radius 1 is 1.45 bits per heavy atom. The summed E-state index contributed by atoms with van der Waals surface area (Å²) in [5, 5.41) is 11.0. The lowest BCUT2D eigenvalue weighted by Gasteiger charge is -2.29. The standard InChI is InChI=1S/C12H15BrN2O4S/c1-9-3-2-6-14(8-9)20(18,19)12-7-10(13)4-5-11(12)15(16)17/h4-5,7,9H,2-3,6,8H2,1H3. The molecule has 0 N–H and O–H groups in total. The Kier molecular flexibility index (Phi) is 4.46. The van der Waals surface area contributed by atoms with Crippen LogP contribution in [0.1, 0.15) is 19.8 Å². The molecule has 1 aromatic carbocycles. The molecular weight excluding hydrogens is 348 g/mol. The minimum atomic E-state index is -3.83. The van der Waals surface area contributed by atoms with Crippen LogP contribution in [0, 0.1) is 16.0 Å². The molecule has 1 atom stereocenters. The van der Waals surface area contributed by atoms with Crippen LogP contribution in [0.25, 0.3) is 0 Å². The lowest BCUT2D eigenvalue weighted by Crippen LogP contribution is -2.39. The van der Waals surface area contributed by atoms with Crippen molar-refractivity contribution < 1.29 is 13.3 Å². The first-order valence-corrected chi connectivity index (χ1v) is 8.50. The summed E-state index contributed by atoms with van der Waals surface area (Å²) in [6, 6.07) is 3.98. The van der Waals surface area contributed by atoms with E-state index in [9.17, 15) is 18.5 Å². The Hall–Kier alpha value is -0.990. The third-order valence-corrected chi connectivity index (χ3v) is 5.74. The Balaban J connectivity index is 2.48. The summed E-state index contributed by atoms with van der Waals surface area (Å²) in [7, 11) is -3.83. The summed E-state index contributed by atoms with van der Waals surface area (Å²) in [5.41, 5.74) is -0.383. The fourth-order valence-electron chi connectivity index (χ4n) is 2.35. The van der Waals surface area contributed by atoms with E-state index in [2.05, 4.69) is 15.9 Å². The number of piperidine rings is 1. The van der Waals surface area contributed by atoms with Gasteiger partial charge >= 0.3 is 0 Å². The molecule has 1 aliphatic rings. The number of hydrogen-bond donors (Lipinski definition) is 0. The zero-order chi connectivity index (χ0) is 14.9. The van der Waals surface area contributed by atoms with Crippen molar-refractivity contribution in [1.29, 1.82) is 0 Å². The van der Waals surface area contributed by atoms with Crippen molar-refractivity contribution >= 4 is 31.6 Å². The molecule has 0 radical (unpaired) electrons. The van der Waals surface area contributed by atoms with Crippen molar-refractivity contribution in [2.24, 2.45) is 5.92 Å². The van der Waals surface area contributed by atoms with Gasteiger partial charge in [-0.1, -0.05) is 22.9 Å². The molecule has 2 rings (SSSR count). The second-order valence-corrected chi connectivity index (χ2v) is 7.80. The van der Waals surface area contributed by atoms with Gasteiger partial charge in [0.1, 0.15) is 0 Å². The summed E-state index contributed by atoms with van der Waals surface area (Å²) in [4.78, 5) is 10.1. The molecule has 0 aromatic heterocycles. The van der Waals surface area contributed by atoms with E-state index in [1.54, 1.807) is 0 Å². The van der Waals surface area contributed by atoms with Crippen LogP contribution in [0.3, 0.4) is 0 Å². The Morgan fingerprint density at radius 2 is 2.15 bits per heavy atom. The molecule has 0 aliphatic carbocycles. The third kappa shape index (κ3) is 3.02. The molecule has 6 nitrogen and oxygen atoms in total. The molecule has 110 valence electrons. The number of rotatable bonds is 3. The van der Waals surface area contributed by atoms with Crippen LogP contribution in [0.2, 0.25) is 0 Å². The van der Waals surface area contributed by atoms with Gasteiger partial charge in [0.15, 0.2) is 4.90 Å². The molecule has 0 amide bonds. The number of nitro groups is 1. The molecule has 20 heavy (non-hydrogen) atoms. The number of halogens is 1. The van der Waals surface area contributed by atoms with Gasteiger partial charge < -0.3 is 0 Å². The van der Waals surface area contributed by atoms with Crippen LogP contribution in [-0.4, -0.2) is 30.7 Å². The van der Waals surface area contributed by atoms with Crippen molar-refractivity contribution in [1.82, 2.24) is 4.31 Å². The molecule has 1 saturated heterocycles. The van der Waals surface area contributed by atoms with Gasteiger partial charge in [0, 0.05) is 23.6 Å². The minimum Gasteiger partial charge on any atom is -0.258 e. The van der Waals surface area contributed by atoms with Crippen molar-refractivity contribution in [3.8, 4) is 0 Å². The van der Waals surface area contributed by atoms with Gasteiger partial charge in [-0.15, -0.1) is 0 Å². The predicted molar refractivity (Wildman–Crippen MR) is 78.0 cm³/mol. The van der Waals surface area contributed by atoms with Crippen molar-refractivity contribution in [2.45, 2.75) is 24.7 Å². The highest BCUT2D eigenvalue weighted by atomic mass is 79.9. The van der Waals surface area contributed by atoms with Crippen LogP contribution in [0.4, 0.5) is 5.69 Å². The van der Waals surface area contributed by atoms with Gasteiger partial charge in [-0.05, 0) is 30.9 Å². The largest absolute Gasteiger partial charge is 0.289 e. The maximum Gasteiger partial charge on any atom is 0.289 e. The molecule has 1 fully saturated rings. The van der Waals surface area contributed by atoms with Gasteiger partial charge in [-0.2, -0.15) is 4.31 Å².